The summed E-state index contributed by atoms with van der Waals surface area (Å²) in [4.78, 5) is 22.7. The molecule has 7 heteroatoms. The van der Waals surface area contributed by atoms with Gasteiger partial charge in [0.15, 0.2) is 5.16 Å². The molecule has 0 radical (unpaired) electrons. The fraction of sp³-hybridized carbons (Fsp3) is 0.348. The quantitative estimate of drug-likeness (QED) is 0.418. The first kappa shape index (κ1) is 20.5. The van der Waals surface area contributed by atoms with Crippen molar-refractivity contribution in [2.24, 2.45) is 0 Å². The van der Waals surface area contributed by atoms with Crippen molar-refractivity contribution in [2.75, 3.05) is 11.9 Å². The van der Waals surface area contributed by atoms with E-state index in [0.717, 1.165) is 17.1 Å². The smallest absolute Gasteiger partial charge is 0.190 e. The minimum Gasteiger partial charge on any atom is -0.542 e. The average molecular weight is 423 g/mol. The van der Waals surface area contributed by atoms with Crippen LogP contribution in [0.4, 0.5) is 5.82 Å². The average Bonchev–Trinajstić information content (AvgIpc) is 3.28. The first-order valence-corrected chi connectivity index (χ1v) is 11.2. The van der Waals surface area contributed by atoms with E-state index in [1.165, 1.54) is 49.9 Å². The molecule has 1 saturated carbocycles. The van der Waals surface area contributed by atoms with Crippen molar-refractivity contribution in [1.82, 2.24) is 9.97 Å². The fourth-order valence-corrected chi connectivity index (χ4v) is 4.52. The zero-order valence-electron chi connectivity index (χ0n) is 16.9. The lowest BCUT2D eigenvalue weighted by Crippen LogP contribution is -2.34. The number of hydrogen-bond donors (Lipinski definition) is 0. The second-order valence-corrected chi connectivity index (χ2v) is 8.45. The molecule has 1 aliphatic carbocycles. The maximum Gasteiger partial charge on any atom is 0.190 e. The number of carbonyl (C=O) groups is 1. The summed E-state index contributed by atoms with van der Waals surface area (Å²) < 4.78 is 5.31. The van der Waals surface area contributed by atoms with Crippen LogP contribution in [0.25, 0.3) is 11.3 Å². The van der Waals surface area contributed by atoms with Crippen LogP contribution in [0.1, 0.15) is 48.4 Å². The maximum absolute atomic E-state index is 10.9. The molecule has 2 heterocycles. The van der Waals surface area contributed by atoms with E-state index in [2.05, 4.69) is 18.0 Å². The van der Waals surface area contributed by atoms with Crippen LogP contribution in [0.2, 0.25) is 0 Å². The highest BCUT2D eigenvalue weighted by Gasteiger charge is 2.21. The van der Waals surface area contributed by atoms with Crippen molar-refractivity contribution < 1.29 is 14.3 Å². The molecule has 0 amide bonds. The van der Waals surface area contributed by atoms with E-state index in [1.54, 1.807) is 6.07 Å². The number of carboxylic acid groups (broad SMARTS) is 1. The third-order valence-electron chi connectivity index (χ3n) is 5.45. The van der Waals surface area contributed by atoms with E-state index in [1.807, 2.05) is 30.3 Å². The molecule has 0 bridgehead atoms. The second kappa shape index (κ2) is 9.34. The lowest BCUT2D eigenvalue weighted by atomic mass is 9.94. The standard InChI is InChI=1S/C23H25N3O3S/c1-26(17-10-6-3-7-11-17)21-14-19(16-8-4-2-5-9-16)24-23(25-21)30-15-18-12-13-20(29-18)22(27)28/h2,4-5,8-9,12-14,17H,3,6-7,10-11,15H2,1H3,(H,27,28)/p-1. The summed E-state index contributed by atoms with van der Waals surface area (Å²) >= 11 is 1.43. The highest BCUT2D eigenvalue weighted by atomic mass is 32.2. The zero-order valence-corrected chi connectivity index (χ0v) is 17.7. The van der Waals surface area contributed by atoms with Gasteiger partial charge in [0.05, 0.1) is 11.4 Å². The van der Waals surface area contributed by atoms with Gasteiger partial charge in [-0.2, -0.15) is 0 Å². The van der Waals surface area contributed by atoms with Gasteiger partial charge in [0, 0.05) is 24.7 Å². The summed E-state index contributed by atoms with van der Waals surface area (Å²) in [5, 5.41) is 11.6. The number of carbonyl (C=O) groups excluding carboxylic acids is 1. The van der Waals surface area contributed by atoms with Gasteiger partial charge in [0.1, 0.15) is 23.3 Å². The predicted molar refractivity (Wildman–Crippen MR) is 115 cm³/mol. The summed E-state index contributed by atoms with van der Waals surface area (Å²) in [6, 6.07) is 15.7. The second-order valence-electron chi connectivity index (χ2n) is 7.50. The van der Waals surface area contributed by atoms with Crippen LogP contribution in [0, 0.1) is 0 Å². The lowest BCUT2D eigenvalue weighted by molar-refractivity contribution is -0.257. The van der Waals surface area contributed by atoms with E-state index in [9.17, 15) is 9.90 Å². The van der Waals surface area contributed by atoms with E-state index in [4.69, 9.17) is 14.4 Å². The van der Waals surface area contributed by atoms with Gasteiger partial charge in [0.2, 0.25) is 0 Å². The molecule has 30 heavy (non-hydrogen) atoms. The van der Waals surface area contributed by atoms with Crippen LogP contribution in [0.5, 0.6) is 0 Å². The Morgan fingerprint density at radius 3 is 2.60 bits per heavy atom. The molecular formula is C23H24N3O3S-. The Bertz CT molecular complexity index is 1000. The molecule has 0 atom stereocenters. The molecule has 1 fully saturated rings. The Kier molecular flexibility index (Phi) is 6.38. The van der Waals surface area contributed by atoms with Crippen molar-refractivity contribution in [2.45, 2.75) is 49.1 Å². The van der Waals surface area contributed by atoms with Crippen molar-refractivity contribution >= 4 is 23.5 Å². The third-order valence-corrected chi connectivity index (χ3v) is 6.32. The molecule has 0 saturated heterocycles. The van der Waals surface area contributed by atoms with Crippen LogP contribution >= 0.6 is 11.8 Å². The molecule has 1 aliphatic rings. The van der Waals surface area contributed by atoms with Crippen LogP contribution in [-0.2, 0) is 5.75 Å². The van der Waals surface area contributed by atoms with Gasteiger partial charge < -0.3 is 19.2 Å². The fourth-order valence-electron chi connectivity index (χ4n) is 3.77. The van der Waals surface area contributed by atoms with Crippen LogP contribution < -0.4 is 10.0 Å². The van der Waals surface area contributed by atoms with Crippen molar-refractivity contribution in [3.63, 3.8) is 0 Å². The number of nitrogens with zero attached hydrogens (tertiary/aromatic N) is 3. The number of anilines is 1. The highest BCUT2D eigenvalue weighted by molar-refractivity contribution is 7.98. The van der Waals surface area contributed by atoms with E-state index in [0.29, 0.717) is 22.7 Å². The van der Waals surface area contributed by atoms with Gasteiger partial charge in [-0.25, -0.2) is 9.97 Å². The predicted octanol–water partition coefficient (Wildman–Crippen LogP) is 4.16. The van der Waals surface area contributed by atoms with Gasteiger partial charge in [-0.05, 0) is 25.0 Å². The summed E-state index contributed by atoms with van der Waals surface area (Å²) in [5.74, 6) is 0.424. The number of thioether (sulfide) groups is 1. The van der Waals surface area contributed by atoms with E-state index >= 15 is 0 Å². The minimum absolute atomic E-state index is 0.165. The van der Waals surface area contributed by atoms with Crippen LogP contribution in [0.15, 0.2) is 58.1 Å². The Labute approximate surface area is 180 Å². The number of aromatic carboxylic acids is 1. The zero-order chi connectivity index (χ0) is 20.9. The van der Waals surface area contributed by atoms with Crippen molar-refractivity contribution in [3.05, 3.63) is 60.1 Å². The number of carboxylic acids is 1. The normalized spacial score (nSPS) is 14.6. The Morgan fingerprint density at radius 2 is 1.90 bits per heavy atom. The first-order chi connectivity index (χ1) is 14.6. The largest absolute Gasteiger partial charge is 0.542 e. The van der Waals surface area contributed by atoms with Crippen LogP contribution in [0.3, 0.4) is 0 Å². The monoisotopic (exact) mass is 422 g/mol. The van der Waals surface area contributed by atoms with Gasteiger partial charge in [-0.15, -0.1) is 0 Å². The molecule has 0 spiro atoms. The Morgan fingerprint density at radius 1 is 1.13 bits per heavy atom. The van der Waals surface area contributed by atoms with Gasteiger partial charge in [0.25, 0.3) is 0 Å². The molecule has 4 rings (SSSR count). The minimum atomic E-state index is -1.31. The maximum atomic E-state index is 10.9. The highest BCUT2D eigenvalue weighted by Crippen LogP contribution is 2.30. The molecule has 0 aliphatic heterocycles. The Hall–Kier alpha value is -2.80. The van der Waals surface area contributed by atoms with Crippen LogP contribution in [-0.4, -0.2) is 29.0 Å². The molecule has 3 aromatic rings. The van der Waals surface area contributed by atoms with Gasteiger partial charge in [-0.1, -0.05) is 61.4 Å². The van der Waals surface area contributed by atoms with Crippen molar-refractivity contribution in [1.29, 1.82) is 0 Å². The molecule has 0 unspecified atom stereocenters. The van der Waals surface area contributed by atoms with Crippen molar-refractivity contribution in [3.8, 4) is 11.3 Å². The molecule has 2 aromatic heterocycles. The molecule has 6 nitrogen and oxygen atoms in total. The topological polar surface area (TPSA) is 82.3 Å². The summed E-state index contributed by atoms with van der Waals surface area (Å²) in [5.41, 5.74) is 1.91. The molecular weight excluding hydrogens is 398 g/mol. The SMILES string of the molecule is CN(c1cc(-c2ccccc2)nc(SCc2ccc(C(=O)[O-])o2)n1)C1CCCCC1. The van der Waals surface area contributed by atoms with Gasteiger partial charge in [-0.3, -0.25) is 0 Å². The third kappa shape index (κ3) is 4.84. The molecule has 0 N–H and O–H groups in total. The van der Waals surface area contributed by atoms with E-state index in [-0.39, 0.29) is 5.76 Å². The number of hydrogen-bond acceptors (Lipinski definition) is 7. The Balaban J connectivity index is 1.60. The van der Waals surface area contributed by atoms with E-state index < -0.39 is 5.97 Å². The summed E-state index contributed by atoms with van der Waals surface area (Å²) in [6.07, 6.45) is 6.19. The number of aromatic nitrogens is 2. The molecule has 1 aromatic carbocycles. The number of benzene rings is 1. The number of furan rings is 1. The summed E-state index contributed by atoms with van der Waals surface area (Å²) in [6.45, 7) is 0. The first-order valence-electron chi connectivity index (χ1n) is 10.2. The lowest BCUT2D eigenvalue weighted by Gasteiger charge is -2.32. The number of rotatable bonds is 7. The molecule has 156 valence electrons. The van der Waals surface area contributed by atoms with Gasteiger partial charge >= 0.3 is 0 Å². The summed E-state index contributed by atoms with van der Waals surface area (Å²) in [7, 11) is 2.11.